The molecule has 1 aromatic carbocycles. The van der Waals surface area contributed by atoms with E-state index >= 15 is 0 Å². The van der Waals surface area contributed by atoms with Gasteiger partial charge in [-0.2, -0.15) is 0 Å². The number of nitrogens with zero attached hydrogens (tertiary/aromatic N) is 4. The zero-order valence-corrected chi connectivity index (χ0v) is 23.5. The van der Waals surface area contributed by atoms with E-state index in [1.165, 1.54) is 4.90 Å². The smallest absolute Gasteiger partial charge is 0.407 e. The van der Waals surface area contributed by atoms with E-state index in [9.17, 15) is 24.0 Å². The molecule has 3 fully saturated rings. The number of fused-ring (bicyclic) bond motifs is 1. The highest BCUT2D eigenvalue weighted by Crippen LogP contribution is 2.29. The van der Waals surface area contributed by atoms with Crippen LogP contribution in [0.2, 0.25) is 0 Å². The Morgan fingerprint density at radius 2 is 1.59 bits per heavy atom. The summed E-state index contributed by atoms with van der Waals surface area (Å²) in [6.45, 7) is 7.40. The highest BCUT2D eigenvalue weighted by molar-refractivity contribution is 6.23. The average Bonchev–Trinajstić information content (AvgIpc) is 3.21. The molecule has 0 spiro atoms. The molecule has 1 atom stereocenters. The highest BCUT2D eigenvalue weighted by atomic mass is 16.4. The van der Waals surface area contributed by atoms with Gasteiger partial charge in [-0.05, 0) is 56.8 Å². The Hall–Kier alpha value is -3.51. The number of amides is 5. The van der Waals surface area contributed by atoms with Crippen LogP contribution in [0.15, 0.2) is 18.2 Å². The largest absolute Gasteiger partial charge is 0.465 e. The van der Waals surface area contributed by atoms with Gasteiger partial charge in [0.2, 0.25) is 11.8 Å². The molecule has 222 valence electrons. The normalized spacial score (nSPS) is 22.7. The molecule has 5 amide bonds. The third-order valence-corrected chi connectivity index (χ3v) is 8.83. The molecule has 4 aliphatic heterocycles. The Morgan fingerprint density at radius 1 is 0.878 bits per heavy atom. The number of benzene rings is 1. The summed E-state index contributed by atoms with van der Waals surface area (Å²) < 4.78 is 0. The van der Waals surface area contributed by atoms with Crippen molar-refractivity contribution in [2.45, 2.75) is 63.5 Å². The van der Waals surface area contributed by atoms with Crippen molar-refractivity contribution in [2.24, 2.45) is 0 Å². The Balaban J connectivity index is 0.964. The molecule has 5 rings (SSSR count). The number of rotatable bonds is 10. The first-order chi connectivity index (χ1) is 19.8. The van der Waals surface area contributed by atoms with Crippen LogP contribution >= 0.6 is 0 Å². The van der Waals surface area contributed by atoms with E-state index in [0.29, 0.717) is 19.1 Å². The Kier molecular flexibility index (Phi) is 9.19. The molecule has 1 aromatic rings. The van der Waals surface area contributed by atoms with E-state index in [1.54, 1.807) is 18.2 Å². The van der Waals surface area contributed by atoms with Crippen LogP contribution in [0.4, 0.5) is 10.5 Å². The summed E-state index contributed by atoms with van der Waals surface area (Å²) >= 11 is 0. The second kappa shape index (κ2) is 13.0. The zero-order chi connectivity index (χ0) is 28.9. The minimum atomic E-state index is -0.954. The van der Waals surface area contributed by atoms with Gasteiger partial charge in [0.15, 0.2) is 0 Å². The van der Waals surface area contributed by atoms with Crippen molar-refractivity contribution in [3.8, 4) is 0 Å². The SMILES string of the molecule is O=C1CCC(N2C(=O)c3ccc(NCCCCCCN4CCN(C5CCN(C(=O)O)CC5)CC4)cc3C2=O)C(=O)N1. The van der Waals surface area contributed by atoms with Gasteiger partial charge in [0.05, 0.1) is 11.1 Å². The molecule has 0 aliphatic carbocycles. The number of carboxylic acid groups (broad SMARTS) is 1. The molecule has 0 saturated carbocycles. The van der Waals surface area contributed by atoms with Crippen LogP contribution in [0.1, 0.15) is 72.1 Å². The number of likely N-dealkylation sites (tertiary alicyclic amines) is 1. The molecule has 0 radical (unpaired) electrons. The zero-order valence-electron chi connectivity index (χ0n) is 23.5. The van der Waals surface area contributed by atoms with Crippen LogP contribution < -0.4 is 10.6 Å². The summed E-state index contributed by atoms with van der Waals surface area (Å²) in [5, 5.41) is 14.7. The van der Waals surface area contributed by atoms with Gasteiger partial charge >= 0.3 is 6.09 Å². The first-order valence-electron chi connectivity index (χ1n) is 14.9. The van der Waals surface area contributed by atoms with Crippen molar-refractivity contribution >= 4 is 35.4 Å². The first kappa shape index (κ1) is 29.0. The van der Waals surface area contributed by atoms with Gasteiger partial charge in [-0.1, -0.05) is 12.8 Å². The highest BCUT2D eigenvalue weighted by Gasteiger charge is 2.44. The van der Waals surface area contributed by atoms with Gasteiger partial charge in [0, 0.05) is 64.0 Å². The Labute approximate surface area is 240 Å². The summed E-state index contributed by atoms with van der Waals surface area (Å²) in [6, 6.07) is 4.64. The fourth-order valence-corrected chi connectivity index (χ4v) is 6.40. The maximum Gasteiger partial charge on any atom is 0.407 e. The van der Waals surface area contributed by atoms with Gasteiger partial charge < -0.3 is 20.2 Å². The molecule has 0 aromatic heterocycles. The standard InChI is InChI=1S/C29H40N6O6/c36-25-8-7-24(26(37)31-25)35-27(38)22-6-5-20(19-23(22)28(35)39)30-11-3-1-2-4-12-32-15-17-33(18-16-32)21-9-13-34(14-10-21)29(40)41/h5-6,19,21,24,30H,1-4,7-18H2,(H,40,41)(H,31,36,37). The molecule has 1 unspecified atom stereocenters. The summed E-state index contributed by atoms with van der Waals surface area (Å²) in [5.74, 6) is -1.98. The minimum Gasteiger partial charge on any atom is -0.465 e. The summed E-state index contributed by atoms with van der Waals surface area (Å²) in [6.07, 6.45) is 5.70. The molecule has 3 N–H and O–H groups in total. The van der Waals surface area contributed by atoms with Crippen molar-refractivity contribution in [2.75, 3.05) is 57.7 Å². The molecule has 12 heteroatoms. The van der Waals surface area contributed by atoms with Crippen molar-refractivity contribution in [1.29, 1.82) is 0 Å². The molecular weight excluding hydrogens is 528 g/mol. The quantitative estimate of drug-likeness (QED) is 0.285. The lowest BCUT2D eigenvalue weighted by Crippen LogP contribution is -2.54. The van der Waals surface area contributed by atoms with Gasteiger partial charge in [0.25, 0.3) is 11.8 Å². The van der Waals surface area contributed by atoms with Crippen LogP contribution in [0, 0.1) is 0 Å². The van der Waals surface area contributed by atoms with Crippen LogP contribution in [-0.4, -0.2) is 119 Å². The van der Waals surface area contributed by atoms with Crippen LogP contribution in [0.25, 0.3) is 0 Å². The Bertz CT molecular complexity index is 1170. The number of hydrogen-bond donors (Lipinski definition) is 3. The number of unbranched alkanes of at least 4 members (excludes halogenated alkanes) is 3. The number of piperidine rings is 2. The second-order valence-corrected chi connectivity index (χ2v) is 11.4. The Morgan fingerprint density at radius 3 is 2.29 bits per heavy atom. The molecule has 41 heavy (non-hydrogen) atoms. The van der Waals surface area contributed by atoms with E-state index in [1.807, 2.05) is 0 Å². The van der Waals surface area contributed by atoms with Gasteiger partial charge in [-0.25, -0.2) is 4.79 Å². The lowest BCUT2D eigenvalue weighted by molar-refractivity contribution is -0.136. The maximum atomic E-state index is 13.0. The molecule has 12 nitrogen and oxygen atoms in total. The summed E-state index contributed by atoms with van der Waals surface area (Å²) in [5.41, 5.74) is 1.34. The summed E-state index contributed by atoms with van der Waals surface area (Å²) in [4.78, 5) is 68.2. The van der Waals surface area contributed by atoms with E-state index in [-0.39, 0.29) is 29.9 Å². The van der Waals surface area contributed by atoms with E-state index in [4.69, 9.17) is 5.11 Å². The van der Waals surface area contributed by atoms with Crippen molar-refractivity contribution in [1.82, 2.24) is 24.9 Å². The topological polar surface area (TPSA) is 143 Å². The number of imide groups is 2. The van der Waals surface area contributed by atoms with Crippen LogP contribution in [0.5, 0.6) is 0 Å². The number of piperazine rings is 1. The summed E-state index contributed by atoms with van der Waals surface area (Å²) in [7, 11) is 0. The minimum absolute atomic E-state index is 0.101. The molecule has 4 heterocycles. The lowest BCUT2D eigenvalue weighted by atomic mass is 10.0. The van der Waals surface area contributed by atoms with Crippen molar-refractivity contribution < 1.29 is 29.1 Å². The van der Waals surface area contributed by atoms with Crippen LogP contribution in [-0.2, 0) is 9.59 Å². The monoisotopic (exact) mass is 568 g/mol. The lowest BCUT2D eigenvalue weighted by Gasteiger charge is -2.42. The number of carbonyl (C=O) groups excluding carboxylic acids is 4. The maximum absolute atomic E-state index is 13.0. The molecular formula is C29H40N6O6. The van der Waals surface area contributed by atoms with E-state index in [2.05, 4.69) is 20.4 Å². The third kappa shape index (κ3) is 6.70. The second-order valence-electron chi connectivity index (χ2n) is 11.4. The number of carbonyl (C=O) groups is 5. The average molecular weight is 569 g/mol. The van der Waals surface area contributed by atoms with E-state index < -0.39 is 29.9 Å². The van der Waals surface area contributed by atoms with Gasteiger partial charge in [-0.3, -0.25) is 34.3 Å². The van der Waals surface area contributed by atoms with E-state index in [0.717, 1.165) is 88.4 Å². The fraction of sp³-hybridized carbons (Fsp3) is 0.621. The number of anilines is 1. The van der Waals surface area contributed by atoms with Crippen molar-refractivity contribution in [3.63, 3.8) is 0 Å². The third-order valence-electron chi connectivity index (χ3n) is 8.83. The van der Waals surface area contributed by atoms with Gasteiger partial charge in [-0.15, -0.1) is 0 Å². The molecule has 3 saturated heterocycles. The molecule has 0 bridgehead atoms. The number of nitrogens with one attached hydrogen (secondary N) is 2. The van der Waals surface area contributed by atoms with Gasteiger partial charge in [0.1, 0.15) is 6.04 Å². The fourth-order valence-electron chi connectivity index (χ4n) is 6.40. The first-order valence-corrected chi connectivity index (χ1v) is 14.9. The predicted molar refractivity (Wildman–Crippen MR) is 151 cm³/mol. The molecule has 4 aliphatic rings. The number of hydrogen-bond acceptors (Lipinski definition) is 8. The predicted octanol–water partition coefficient (Wildman–Crippen LogP) is 1.82. The van der Waals surface area contributed by atoms with Crippen molar-refractivity contribution in [3.05, 3.63) is 29.3 Å². The van der Waals surface area contributed by atoms with Crippen LogP contribution in [0.3, 0.4) is 0 Å².